The summed E-state index contributed by atoms with van der Waals surface area (Å²) in [6, 6.07) is 3.89. The molecule has 1 aliphatic rings. The number of aromatic carboxylic acids is 1. The maximum Gasteiger partial charge on any atom is 0.371 e. The molecule has 1 aromatic heterocycles. The summed E-state index contributed by atoms with van der Waals surface area (Å²) >= 11 is 0. The Morgan fingerprint density at radius 3 is 2.58 bits per heavy atom. The molecule has 1 heterocycles. The van der Waals surface area contributed by atoms with E-state index in [-0.39, 0.29) is 5.76 Å². The van der Waals surface area contributed by atoms with Crippen molar-refractivity contribution in [1.29, 1.82) is 0 Å². The highest BCUT2D eigenvalue weighted by Crippen LogP contribution is 2.29. The lowest BCUT2D eigenvalue weighted by molar-refractivity contribution is 0.0657. The molecule has 0 spiro atoms. The molecule has 0 aromatic carbocycles. The maximum atomic E-state index is 10.8. The Balaban J connectivity index is 1.86. The standard InChI is InChI=1S/C15H23NO3/c1-3-11-4-6-12(7-5-11)16(2)10-13-8-9-14(19-13)15(17)18/h8-9,11-12H,3-7,10H2,1-2H3,(H,17,18). The first-order valence-corrected chi connectivity index (χ1v) is 7.12. The van der Waals surface area contributed by atoms with Crippen LogP contribution in [0, 0.1) is 5.92 Å². The molecular weight excluding hydrogens is 242 g/mol. The van der Waals surface area contributed by atoms with Gasteiger partial charge >= 0.3 is 5.97 Å². The molecular formula is C15H23NO3. The van der Waals surface area contributed by atoms with Crippen LogP contribution in [-0.2, 0) is 6.54 Å². The van der Waals surface area contributed by atoms with Gasteiger partial charge in [0, 0.05) is 6.04 Å². The molecule has 0 aliphatic heterocycles. The van der Waals surface area contributed by atoms with Crippen molar-refractivity contribution in [1.82, 2.24) is 4.90 Å². The Kier molecular flexibility index (Phi) is 4.64. The number of furan rings is 1. The minimum atomic E-state index is -1.00. The fraction of sp³-hybridized carbons (Fsp3) is 0.667. The van der Waals surface area contributed by atoms with Crippen molar-refractivity contribution < 1.29 is 14.3 Å². The molecule has 1 aliphatic carbocycles. The van der Waals surface area contributed by atoms with E-state index >= 15 is 0 Å². The van der Waals surface area contributed by atoms with Gasteiger partial charge in [0.1, 0.15) is 5.76 Å². The molecule has 2 rings (SSSR count). The van der Waals surface area contributed by atoms with E-state index in [4.69, 9.17) is 9.52 Å². The van der Waals surface area contributed by atoms with Crippen LogP contribution < -0.4 is 0 Å². The van der Waals surface area contributed by atoms with Crippen LogP contribution in [0.4, 0.5) is 0 Å². The van der Waals surface area contributed by atoms with Gasteiger partial charge in [-0.25, -0.2) is 4.79 Å². The van der Waals surface area contributed by atoms with Crippen molar-refractivity contribution in [3.63, 3.8) is 0 Å². The van der Waals surface area contributed by atoms with E-state index in [1.807, 2.05) is 0 Å². The van der Waals surface area contributed by atoms with E-state index in [1.54, 1.807) is 6.07 Å². The van der Waals surface area contributed by atoms with Crippen molar-refractivity contribution in [2.75, 3.05) is 7.05 Å². The zero-order valence-electron chi connectivity index (χ0n) is 11.8. The largest absolute Gasteiger partial charge is 0.475 e. The van der Waals surface area contributed by atoms with Gasteiger partial charge in [-0.3, -0.25) is 4.90 Å². The number of rotatable bonds is 5. The van der Waals surface area contributed by atoms with E-state index in [0.717, 1.165) is 11.7 Å². The highest BCUT2D eigenvalue weighted by atomic mass is 16.4. The van der Waals surface area contributed by atoms with Crippen LogP contribution in [0.1, 0.15) is 55.3 Å². The smallest absolute Gasteiger partial charge is 0.371 e. The fourth-order valence-corrected chi connectivity index (χ4v) is 2.95. The van der Waals surface area contributed by atoms with Crippen LogP contribution in [-0.4, -0.2) is 29.1 Å². The molecule has 1 saturated carbocycles. The summed E-state index contributed by atoms with van der Waals surface area (Å²) in [6.07, 6.45) is 6.38. The topological polar surface area (TPSA) is 53.7 Å². The molecule has 4 heteroatoms. The van der Waals surface area contributed by atoms with Gasteiger partial charge in [-0.1, -0.05) is 13.3 Å². The Morgan fingerprint density at radius 2 is 2.05 bits per heavy atom. The lowest BCUT2D eigenvalue weighted by Crippen LogP contribution is -2.34. The summed E-state index contributed by atoms with van der Waals surface area (Å²) in [5, 5.41) is 8.83. The second-order valence-electron chi connectivity index (χ2n) is 5.57. The number of hydrogen-bond acceptors (Lipinski definition) is 3. The maximum absolute atomic E-state index is 10.8. The van der Waals surface area contributed by atoms with E-state index in [2.05, 4.69) is 18.9 Å². The van der Waals surface area contributed by atoms with E-state index in [1.165, 1.54) is 38.2 Å². The lowest BCUT2D eigenvalue weighted by atomic mass is 9.84. The number of carboxylic acid groups (broad SMARTS) is 1. The summed E-state index contributed by atoms with van der Waals surface area (Å²) in [4.78, 5) is 13.1. The first-order chi connectivity index (χ1) is 9.10. The Morgan fingerprint density at radius 1 is 1.37 bits per heavy atom. The molecule has 0 unspecified atom stereocenters. The van der Waals surface area contributed by atoms with Crippen molar-refractivity contribution in [2.45, 2.75) is 51.6 Å². The van der Waals surface area contributed by atoms with Crippen molar-refractivity contribution in [3.05, 3.63) is 23.7 Å². The number of carboxylic acids is 1. The van der Waals surface area contributed by atoms with E-state index in [0.29, 0.717) is 12.6 Å². The molecule has 0 atom stereocenters. The molecule has 4 nitrogen and oxygen atoms in total. The van der Waals surface area contributed by atoms with Gasteiger partial charge in [0.05, 0.1) is 6.54 Å². The minimum Gasteiger partial charge on any atom is -0.475 e. The average Bonchev–Trinajstić information content (AvgIpc) is 2.87. The van der Waals surface area contributed by atoms with Crippen molar-refractivity contribution in [3.8, 4) is 0 Å². The minimum absolute atomic E-state index is 0.0260. The predicted octanol–water partition coefficient (Wildman–Crippen LogP) is 3.38. The summed E-state index contributed by atoms with van der Waals surface area (Å²) in [5.74, 6) is 0.653. The molecule has 0 bridgehead atoms. The average molecular weight is 265 g/mol. The van der Waals surface area contributed by atoms with Gasteiger partial charge in [-0.05, 0) is 50.8 Å². The van der Waals surface area contributed by atoms with Crippen LogP contribution in [0.5, 0.6) is 0 Å². The molecule has 106 valence electrons. The molecule has 0 radical (unpaired) electrons. The molecule has 0 amide bonds. The Labute approximate surface area is 114 Å². The van der Waals surface area contributed by atoms with Gasteiger partial charge in [0.15, 0.2) is 0 Å². The lowest BCUT2D eigenvalue weighted by Gasteiger charge is -2.34. The van der Waals surface area contributed by atoms with Crippen molar-refractivity contribution >= 4 is 5.97 Å². The van der Waals surface area contributed by atoms with Crippen LogP contribution in [0.2, 0.25) is 0 Å². The number of hydrogen-bond donors (Lipinski definition) is 1. The van der Waals surface area contributed by atoms with Crippen LogP contribution >= 0.6 is 0 Å². The Hall–Kier alpha value is -1.29. The van der Waals surface area contributed by atoms with Gasteiger partial charge in [-0.15, -0.1) is 0 Å². The molecule has 0 saturated heterocycles. The molecule has 1 N–H and O–H groups in total. The zero-order chi connectivity index (χ0) is 13.8. The molecule has 1 fully saturated rings. The SMILES string of the molecule is CCC1CCC(N(C)Cc2ccc(C(=O)O)o2)CC1. The molecule has 19 heavy (non-hydrogen) atoms. The summed E-state index contributed by atoms with van der Waals surface area (Å²) in [6.45, 7) is 2.96. The highest BCUT2D eigenvalue weighted by Gasteiger charge is 2.23. The third kappa shape index (κ3) is 3.60. The van der Waals surface area contributed by atoms with Crippen LogP contribution in [0.15, 0.2) is 16.5 Å². The van der Waals surface area contributed by atoms with Crippen LogP contribution in [0.25, 0.3) is 0 Å². The second-order valence-corrected chi connectivity index (χ2v) is 5.57. The van der Waals surface area contributed by atoms with E-state index in [9.17, 15) is 4.79 Å². The third-order valence-electron chi connectivity index (χ3n) is 4.29. The molecule has 1 aromatic rings. The van der Waals surface area contributed by atoms with Gasteiger partial charge in [-0.2, -0.15) is 0 Å². The fourth-order valence-electron chi connectivity index (χ4n) is 2.95. The predicted molar refractivity (Wildman–Crippen MR) is 73.2 cm³/mol. The van der Waals surface area contributed by atoms with Gasteiger partial charge in [0.2, 0.25) is 5.76 Å². The summed E-state index contributed by atoms with van der Waals surface area (Å²) in [7, 11) is 2.10. The number of carbonyl (C=O) groups is 1. The second kappa shape index (κ2) is 6.24. The third-order valence-corrected chi connectivity index (χ3v) is 4.29. The summed E-state index contributed by atoms with van der Waals surface area (Å²) < 4.78 is 5.31. The van der Waals surface area contributed by atoms with E-state index < -0.39 is 5.97 Å². The number of nitrogens with zero attached hydrogens (tertiary/aromatic N) is 1. The first-order valence-electron chi connectivity index (χ1n) is 7.12. The highest BCUT2D eigenvalue weighted by molar-refractivity contribution is 5.84. The summed E-state index contributed by atoms with van der Waals surface area (Å²) in [5.41, 5.74) is 0. The van der Waals surface area contributed by atoms with Crippen LogP contribution in [0.3, 0.4) is 0 Å². The monoisotopic (exact) mass is 265 g/mol. The normalized spacial score (nSPS) is 23.7. The van der Waals surface area contributed by atoms with Gasteiger partial charge < -0.3 is 9.52 Å². The Bertz CT molecular complexity index is 419. The zero-order valence-corrected chi connectivity index (χ0v) is 11.8. The van der Waals surface area contributed by atoms with Crippen molar-refractivity contribution in [2.24, 2.45) is 5.92 Å². The quantitative estimate of drug-likeness (QED) is 0.886. The first kappa shape index (κ1) is 14.1. The van der Waals surface area contributed by atoms with Gasteiger partial charge in [0.25, 0.3) is 0 Å².